The minimum absolute atomic E-state index is 0.0913. The van der Waals surface area contributed by atoms with Gasteiger partial charge in [0.2, 0.25) is 10.0 Å². The van der Waals surface area contributed by atoms with Gasteiger partial charge in [0.1, 0.15) is 0 Å². The molecule has 21 heavy (non-hydrogen) atoms. The molecule has 120 valence electrons. The number of sulfonamides is 1. The highest BCUT2D eigenvalue weighted by molar-refractivity contribution is 7.89. The van der Waals surface area contributed by atoms with Crippen LogP contribution in [0.5, 0.6) is 0 Å². The first kappa shape index (κ1) is 17.9. The van der Waals surface area contributed by atoms with Crippen LogP contribution >= 0.6 is 0 Å². The lowest BCUT2D eigenvalue weighted by Crippen LogP contribution is -2.44. The lowest BCUT2D eigenvalue weighted by Gasteiger charge is -2.30. The van der Waals surface area contributed by atoms with Crippen LogP contribution < -0.4 is 5.73 Å². The van der Waals surface area contributed by atoms with Gasteiger partial charge in [-0.2, -0.15) is 4.31 Å². The minimum Gasteiger partial charge on any atom is -0.399 e. The van der Waals surface area contributed by atoms with Crippen molar-refractivity contribution in [3.05, 3.63) is 23.3 Å². The molecule has 0 saturated carbocycles. The third-order valence-electron chi connectivity index (χ3n) is 3.48. The Morgan fingerprint density at radius 3 is 2.05 bits per heavy atom. The fourth-order valence-electron chi connectivity index (χ4n) is 2.85. The van der Waals surface area contributed by atoms with Crippen LogP contribution in [0.3, 0.4) is 0 Å². The summed E-state index contributed by atoms with van der Waals surface area (Å²) in [5.74, 6) is 0. The predicted molar refractivity (Wildman–Crippen MR) is 87.9 cm³/mol. The maximum atomic E-state index is 13.0. The fraction of sp³-hybridized carbons (Fsp3) is 0.600. The van der Waals surface area contributed by atoms with E-state index in [1.165, 1.54) is 0 Å². The van der Waals surface area contributed by atoms with Crippen molar-refractivity contribution in [2.75, 3.05) is 32.9 Å². The Kier molecular flexibility index (Phi) is 5.78. The predicted octanol–water partition coefficient (Wildman–Crippen LogP) is 1.85. The molecule has 0 saturated heterocycles. The molecule has 1 unspecified atom stereocenters. The Morgan fingerprint density at radius 2 is 1.67 bits per heavy atom. The quantitative estimate of drug-likeness (QED) is 0.814. The van der Waals surface area contributed by atoms with Crippen molar-refractivity contribution in [2.24, 2.45) is 0 Å². The van der Waals surface area contributed by atoms with E-state index in [0.29, 0.717) is 34.8 Å². The number of nitrogens with two attached hydrogens (primary N) is 1. The molecule has 6 heteroatoms. The van der Waals surface area contributed by atoms with E-state index < -0.39 is 10.0 Å². The maximum absolute atomic E-state index is 13.0. The lowest BCUT2D eigenvalue weighted by atomic mass is 10.1. The van der Waals surface area contributed by atoms with E-state index in [2.05, 4.69) is 0 Å². The van der Waals surface area contributed by atoms with Gasteiger partial charge >= 0.3 is 0 Å². The van der Waals surface area contributed by atoms with Crippen molar-refractivity contribution in [2.45, 2.75) is 38.6 Å². The summed E-state index contributed by atoms with van der Waals surface area (Å²) in [6.07, 6.45) is 0. The zero-order valence-electron chi connectivity index (χ0n) is 13.8. The van der Waals surface area contributed by atoms with E-state index in [1.54, 1.807) is 30.3 Å². The molecule has 0 aromatic heterocycles. The van der Waals surface area contributed by atoms with Gasteiger partial charge < -0.3 is 10.6 Å². The highest BCUT2D eigenvalue weighted by Crippen LogP contribution is 2.27. The van der Waals surface area contributed by atoms with E-state index in [4.69, 9.17) is 5.73 Å². The molecule has 2 N–H and O–H groups in total. The van der Waals surface area contributed by atoms with Crippen LogP contribution in [0, 0.1) is 13.8 Å². The van der Waals surface area contributed by atoms with Crippen LogP contribution in [0.25, 0.3) is 0 Å². The second-order valence-corrected chi connectivity index (χ2v) is 7.63. The van der Waals surface area contributed by atoms with Gasteiger partial charge in [0.15, 0.2) is 0 Å². The number of hydrogen-bond acceptors (Lipinski definition) is 4. The summed E-state index contributed by atoms with van der Waals surface area (Å²) in [5.41, 5.74) is 7.78. The van der Waals surface area contributed by atoms with Crippen molar-refractivity contribution in [1.29, 1.82) is 0 Å². The molecule has 0 aliphatic carbocycles. The molecule has 0 aliphatic rings. The maximum Gasteiger partial charge on any atom is 0.243 e. The van der Waals surface area contributed by atoms with E-state index in [0.717, 1.165) is 0 Å². The molecule has 0 heterocycles. The van der Waals surface area contributed by atoms with Gasteiger partial charge in [0.25, 0.3) is 0 Å². The van der Waals surface area contributed by atoms with E-state index in [9.17, 15) is 8.42 Å². The van der Waals surface area contributed by atoms with Crippen LogP contribution in [-0.2, 0) is 10.0 Å². The number of hydrogen-bond donors (Lipinski definition) is 1. The van der Waals surface area contributed by atoms with Crippen molar-refractivity contribution in [1.82, 2.24) is 9.21 Å². The minimum atomic E-state index is -3.52. The Balaban J connectivity index is 3.32. The second kappa shape index (κ2) is 6.77. The standard InChI is InChI=1S/C15H27N3O2S/c1-7-18(13(4)10-17(5)6)21(19,20)15-11(2)8-14(16)9-12(15)3/h8-9,13H,7,10,16H2,1-6H3. The Hall–Kier alpha value is -1.11. The molecule has 5 nitrogen and oxygen atoms in total. The summed E-state index contributed by atoms with van der Waals surface area (Å²) in [7, 11) is 0.359. The van der Waals surface area contributed by atoms with E-state index in [-0.39, 0.29) is 6.04 Å². The summed E-state index contributed by atoms with van der Waals surface area (Å²) in [6.45, 7) is 8.51. The average Bonchev–Trinajstić information content (AvgIpc) is 2.25. The molecule has 0 amide bonds. The Bertz CT molecular complexity index is 574. The third kappa shape index (κ3) is 3.96. The number of nitrogen functional groups attached to an aromatic ring is 1. The van der Waals surface area contributed by atoms with Crippen molar-refractivity contribution in [3.63, 3.8) is 0 Å². The molecule has 1 rings (SSSR count). The zero-order chi connectivity index (χ0) is 16.4. The normalized spacial score (nSPS) is 13.9. The number of nitrogens with zero attached hydrogens (tertiary/aromatic N) is 2. The molecule has 0 radical (unpaired) electrons. The van der Waals surface area contributed by atoms with Crippen LogP contribution in [0.15, 0.2) is 17.0 Å². The van der Waals surface area contributed by atoms with Gasteiger partial charge in [0, 0.05) is 24.8 Å². The summed E-state index contributed by atoms with van der Waals surface area (Å²) < 4.78 is 27.6. The molecule has 1 atom stereocenters. The number of rotatable bonds is 6. The summed E-state index contributed by atoms with van der Waals surface area (Å²) in [5, 5.41) is 0. The average molecular weight is 313 g/mol. The Labute approximate surface area is 128 Å². The number of benzene rings is 1. The SMILES string of the molecule is CCN(C(C)CN(C)C)S(=O)(=O)c1c(C)cc(N)cc1C. The fourth-order valence-corrected chi connectivity index (χ4v) is 4.89. The molecule has 0 fully saturated rings. The number of likely N-dealkylation sites (N-methyl/N-ethyl adjacent to an activating group) is 2. The lowest BCUT2D eigenvalue weighted by molar-refractivity contribution is 0.271. The molecule has 0 spiro atoms. The first-order valence-electron chi connectivity index (χ1n) is 7.14. The molecule has 1 aromatic carbocycles. The van der Waals surface area contributed by atoms with Gasteiger partial charge in [-0.15, -0.1) is 0 Å². The van der Waals surface area contributed by atoms with Crippen LogP contribution in [0.4, 0.5) is 5.69 Å². The van der Waals surface area contributed by atoms with Crippen molar-refractivity contribution in [3.8, 4) is 0 Å². The third-order valence-corrected chi connectivity index (χ3v) is 5.88. The highest BCUT2D eigenvalue weighted by atomic mass is 32.2. The van der Waals surface area contributed by atoms with Crippen LogP contribution in [-0.4, -0.2) is 50.8 Å². The number of aryl methyl sites for hydroxylation is 2. The molecule has 1 aromatic rings. The topological polar surface area (TPSA) is 66.6 Å². The number of anilines is 1. The Morgan fingerprint density at radius 1 is 1.19 bits per heavy atom. The monoisotopic (exact) mass is 313 g/mol. The van der Waals surface area contributed by atoms with Crippen molar-refractivity contribution >= 4 is 15.7 Å². The second-order valence-electron chi connectivity index (χ2n) is 5.80. The van der Waals surface area contributed by atoms with Crippen LogP contribution in [0.2, 0.25) is 0 Å². The highest BCUT2D eigenvalue weighted by Gasteiger charge is 2.30. The van der Waals surface area contributed by atoms with E-state index in [1.807, 2.05) is 32.8 Å². The zero-order valence-corrected chi connectivity index (χ0v) is 14.7. The van der Waals surface area contributed by atoms with Gasteiger partial charge in [-0.1, -0.05) is 6.92 Å². The molecular formula is C15H27N3O2S. The van der Waals surface area contributed by atoms with Crippen molar-refractivity contribution < 1.29 is 8.42 Å². The van der Waals surface area contributed by atoms with Gasteiger partial charge in [-0.05, 0) is 58.1 Å². The first-order chi connectivity index (χ1) is 9.61. The molecule has 0 bridgehead atoms. The summed E-state index contributed by atoms with van der Waals surface area (Å²) >= 11 is 0. The van der Waals surface area contributed by atoms with Gasteiger partial charge in [0.05, 0.1) is 4.90 Å². The van der Waals surface area contributed by atoms with Crippen LogP contribution in [0.1, 0.15) is 25.0 Å². The molecular weight excluding hydrogens is 286 g/mol. The summed E-state index contributed by atoms with van der Waals surface area (Å²) in [4.78, 5) is 2.37. The first-order valence-corrected chi connectivity index (χ1v) is 8.58. The molecule has 0 aliphatic heterocycles. The van der Waals surface area contributed by atoms with E-state index >= 15 is 0 Å². The smallest absolute Gasteiger partial charge is 0.243 e. The van der Waals surface area contributed by atoms with Gasteiger partial charge in [-0.25, -0.2) is 8.42 Å². The van der Waals surface area contributed by atoms with Gasteiger partial charge in [-0.3, -0.25) is 0 Å². The summed E-state index contributed by atoms with van der Waals surface area (Å²) in [6, 6.07) is 3.33. The largest absolute Gasteiger partial charge is 0.399 e.